The first-order valence-electron chi connectivity index (χ1n) is 10.1. The zero-order valence-corrected chi connectivity index (χ0v) is 17.2. The number of hydrogen-bond donors (Lipinski definition) is 0. The lowest BCUT2D eigenvalue weighted by atomic mass is 9.78. The number of carbonyl (C=O) groups excluding carboxylic acids is 1. The number of aryl methyl sites for hydroxylation is 1. The van der Waals surface area contributed by atoms with Crippen molar-refractivity contribution in [2.24, 2.45) is 5.41 Å². The standard InChI is InChI=1S/C22H30F2N2O2/c1-21(2,3)14-15(27)7-5-8-19-25-17-10-9-16(28-20(23)24)13-18(17)26(19)22(4)11-6-12-22/h9-10,13,20H,5-8,11-12,14H2,1-4H3. The number of ketones is 1. The van der Waals surface area contributed by atoms with E-state index in [4.69, 9.17) is 4.98 Å². The van der Waals surface area contributed by atoms with Gasteiger partial charge in [-0.3, -0.25) is 4.79 Å². The summed E-state index contributed by atoms with van der Waals surface area (Å²) in [7, 11) is 0. The minimum Gasteiger partial charge on any atom is -0.435 e. The average Bonchev–Trinajstić information content (AvgIpc) is 2.88. The molecule has 1 heterocycles. The van der Waals surface area contributed by atoms with E-state index in [9.17, 15) is 13.6 Å². The number of rotatable bonds is 8. The Morgan fingerprint density at radius 1 is 1.32 bits per heavy atom. The van der Waals surface area contributed by atoms with E-state index in [0.29, 0.717) is 19.3 Å². The number of ether oxygens (including phenoxy) is 1. The van der Waals surface area contributed by atoms with Crippen LogP contribution in [0.15, 0.2) is 18.2 Å². The molecule has 0 spiro atoms. The Hall–Kier alpha value is -1.98. The van der Waals surface area contributed by atoms with E-state index in [0.717, 1.165) is 42.5 Å². The van der Waals surface area contributed by atoms with Gasteiger partial charge in [0.1, 0.15) is 17.4 Å². The third kappa shape index (κ3) is 4.70. The number of fused-ring (bicyclic) bond motifs is 1. The van der Waals surface area contributed by atoms with Gasteiger partial charge in [-0.05, 0) is 50.2 Å². The molecule has 1 saturated carbocycles. The molecule has 0 N–H and O–H groups in total. The highest BCUT2D eigenvalue weighted by atomic mass is 19.3. The number of nitrogens with zero attached hydrogens (tertiary/aromatic N) is 2. The first kappa shape index (κ1) is 20.7. The second-order valence-corrected chi connectivity index (χ2v) is 9.37. The molecule has 0 radical (unpaired) electrons. The molecule has 1 aliphatic carbocycles. The molecule has 0 bridgehead atoms. The van der Waals surface area contributed by atoms with Crippen molar-refractivity contribution in [1.82, 2.24) is 9.55 Å². The first-order chi connectivity index (χ1) is 13.1. The molecule has 0 atom stereocenters. The maximum Gasteiger partial charge on any atom is 0.387 e. The molecule has 0 saturated heterocycles. The van der Waals surface area contributed by atoms with Gasteiger partial charge in [0.05, 0.1) is 11.0 Å². The van der Waals surface area contributed by atoms with Crippen LogP contribution in [0.3, 0.4) is 0 Å². The van der Waals surface area contributed by atoms with E-state index in [2.05, 4.69) is 37.0 Å². The molecule has 1 aromatic heterocycles. The summed E-state index contributed by atoms with van der Waals surface area (Å²) in [4.78, 5) is 17.0. The molecule has 0 amide bonds. The predicted molar refractivity (Wildman–Crippen MR) is 106 cm³/mol. The van der Waals surface area contributed by atoms with Gasteiger partial charge in [0.15, 0.2) is 0 Å². The van der Waals surface area contributed by atoms with E-state index in [1.165, 1.54) is 6.07 Å². The van der Waals surface area contributed by atoms with Crippen molar-refractivity contribution < 1.29 is 18.3 Å². The van der Waals surface area contributed by atoms with Gasteiger partial charge in [-0.1, -0.05) is 20.8 Å². The third-order valence-corrected chi connectivity index (χ3v) is 5.47. The lowest BCUT2D eigenvalue weighted by Crippen LogP contribution is -2.38. The number of alkyl halides is 2. The van der Waals surface area contributed by atoms with Crippen LogP contribution in [0.4, 0.5) is 8.78 Å². The van der Waals surface area contributed by atoms with E-state index >= 15 is 0 Å². The fourth-order valence-corrected chi connectivity index (χ4v) is 4.09. The molecular weight excluding hydrogens is 362 g/mol. The SMILES string of the molecule is CC(C)(C)CC(=O)CCCc1nc2ccc(OC(F)F)cc2n1C1(C)CCC1. The molecule has 3 rings (SSSR count). The van der Waals surface area contributed by atoms with Crippen LogP contribution in [0.5, 0.6) is 5.75 Å². The minimum absolute atomic E-state index is 0.00470. The Labute approximate surface area is 165 Å². The Morgan fingerprint density at radius 3 is 2.61 bits per heavy atom. The summed E-state index contributed by atoms with van der Waals surface area (Å²) in [5.74, 6) is 1.35. The molecule has 0 aliphatic heterocycles. The average molecular weight is 392 g/mol. The lowest BCUT2D eigenvalue weighted by Gasteiger charge is -2.41. The van der Waals surface area contributed by atoms with E-state index in [1.54, 1.807) is 12.1 Å². The van der Waals surface area contributed by atoms with Crippen LogP contribution in [0.2, 0.25) is 0 Å². The van der Waals surface area contributed by atoms with Gasteiger partial charge < -0.3 is 9.30 Å². The van der Waals surface area contributed by atoms with Gasteiger partial charge in [0.25, 0.3) is 0 Å². The third-order valence-electron chi connectivity index (χ3n) is 5.47. The van der Waals surface area contributed by atoms with Gasteiger partial charge in [-0.2, -0.15) is 8.78 Å². The molecule has 1 aromatic carbocycles. The number of aromatic nitrogens is 2. The smallest absolute Gasteiger partial charge is 0.387 e. The Balaban J connectivity index is 1.83. The highest BCUT2D eigenvalue weighted by molar-refractivity contribution is 5.79. The summed E-state index contributed by atoms with van der Waals surface area (Å²) in [5.41, 5.74) is 1.57. The maximum absolute atomic E-state index is 12.6. The van der Waals surface area contributed by atoms with Crippen molar-refractivity contribution >= 4 is 16.8 Å². The Kier molecular flexibility index (Phi) is 5.78. The normalized spacial score (nSPS) is 16.4. The van der Waals surface area contributed by atoms with Crippen LogP contribution in [-0.2, 0) is 16.8 Å². The molecule has 0 unspecified atom stereocenters. The fourth-order valence-electron chi connectivity index (χ4n) is 4.09. The second kappa shape index (κ2) is 7.80. The summed E-state index contributed by atoms with van der Waals surface area (Å²) < 4.78 is 32.0. The quantitative estimate of drug-likeness (QED) is 0.565. The largest absolute Gasteiger partial charge is 0.435 e. The van der Waals surface area contributed by atoms with Crippen molar-refractivity contribution in [2.45, 2.75) is 84.8 Å². The summed E-state index contributed by atoms with van der Waals surface area (Å²) in [6.07, 6.45) is 5.78. The topological polar surface area (TPSA) is 44.1 Å². The van der Waals surface area contributed by atoms with Crippen LogP contribution < -0.4 is 4.74 Å². The molecule has 154 valence electrons. The van der Waals surface area contributed by atoms with Gasteiger partial charge in [0.2, 0.25) is 0 Å². The zero-order valence-electron chi connectivity index (χ0n) is 17.2. The summed E-state index contributed by atoms with van der Waals surface area (Å²) in [6, 6.07) is 4.93. The monoisotopic (exact) mass is 392 g/mol. The van der Waals surface area contributed by atoms with Crippen molar-refractivity contribution in [3.63, 3.8) is 0 Å². The Morgan fingerprint density at radius 2 is 2.04 bits per heavy atom. The molecule has 2 aromatic rings. The second-order valence-electron chi connectivity index (χ2n) is 9.37. The van der Waals surface area contributed by atoms with E-state index in [1.807, 2.05) is 0 Å². The lowest BCUT2D eigenvalue weighted by molar-refractivity contribution is -0.120. The minimum atomic E-state index is -2.85. The van der Waals surface area contributed by atoms with Gasteiger partial charge >= 0.3 is 6.61 Å². The van der Waals surface area contributed by atoms with Crippen molar-refractivity contribution in [1.29, 1.82) is 0 Å². The number of imidazole rings is 1. The first-order valence-corrected chi connectivity index (χ1v) is 10.1. The van der Waals surface area contributed by atoms with Crippen LogP contribution in [0.1, 0.15) is 72.0 Å². The van der Waals surface area contributed by atoms with Crippen molar-refractivity contribution in [2.75, 3.05) is 0 Å². The Bertz CT molecular complexity index is 848. The van der Waals surface area contributed by atoms with E-state index in [-0.39, 0.29) is 22.5 Å². The number of hydrogen-bond acceptors (Lipinski definition) is 3. The summed E-state index contributed by atoms with van der Waals surface area (Å²) in [6.45, 7) is 5.55. The summed E-state index contributed by atoms with van der Waals surface area (Å²) >= 11 is 0. The highest BCUT2D eigenvalue weighted by Gasteiger charge is 2.36. The highest BCUT2D eigenvalue weighted by Crippen LogP contribution is 2.42. The number of halogens is 2. The fraction of sp³-hybridized carbons (Fsp3) is 0.636. The van der Waals surface area contributed by atoms with Gasteiger partial charge in [0, 0.05) is 30.9 Å². The summed E-state index contributed by atoms with van der Waals surface area (Å²) in [5, 5.41) is 0. The van der Waals surface area contributed by atoms with Gasteiger partial charge in [-0.15, -0.1) is 0 Å². The number of carbonyl (C=O) groups is 1. The molecule has 6 heteroatoms. The zero-order chi connectivity index (χ0) is 20.5. The maximum atomic E-state index is 12.6. The van der Waals surface area contributed by atoms with E-state index < -0.39 is 6.61 Å². The van der Waals surface area contributed by atoms with Crippen LogP contribution in [0.25, 0.3) is 11.0 Å². The van der Waals surface area contributed by atoms with Crippen molar-refractivity contribution in [3.05, 3.63) is 24.0 Å². The predicted octanol–water partition coefficient (Wildman–Crippen LogP) is 5.86. The number of Topliss-reactive ketones (excluding diaryl/α,β-unsaturated/α-hetero) is 1. The molecule has 4 nitrogen and oxygen atoms in total. The molecule has 28 heavy (non-hydrogen) atoms. The molecule has 1 aliphatic rings. The van der Waals surface area contributed by atoms with Crippen LogP contribution in [0, 0.1) is 5.41 Å². The van der Waals surface area contributed by atoms with Gasteiger partial charge in [-0.25, -0.2) is 4.98 Å². The molecule has 1 fully saturated rings. The van der Waals surface area contributed by atoms with Crippen LogP contribution in [-0.4, -0.2) is 21.9 Å². The molecular formula is C22H30F2N2O2. The number of benzene rings is 1. The van der Waals surface area contributed by atoms with Crippen molar-refractivity contribution in [3.8, 4) is 5.75 Å². The van der Waals surface area contributed by atoms with Crippen LogP contribution >= 0.6 is 0 Å².